The van der Waals surface area contributed by atoms with Crippen molar-refractivity contribution in [2.24, 2.45) is 0 Å². The minimum atomic E-state index is -0.0212. The Balaban J connectivity index is 2.76. The van der Waals surface area contributed by atoms with Crippen LogP contribution < -0.4 is 14.2 Å². The first kappa shape index (κ1) is 13.3. The van der Waals surface area contributed by atoms with E-state index in [1.54, 1.807) is 21.3 Å². The quantitative estimate of drug-likeness (QED) is 0.785. The molecule has 0 N–H and O–H groups in total. The van der Waals surface area contributed by atoms with Crippen LogP contribution in [0.2, 0.25) is 0 Å². The summed E-state index contributed by atoms with van der Waals surface area (Å²) in [4.78, 5) is 0. The zero-order valence-corrected chi connectivity index (χ0v) is 12.2. The molecule has 0 spiro atoms. The van der Waals surface area contributed by atoms with Crippen molar-refractivity contribution in [1.29, 1.82) is 0 Å². The van der Waals surface area contributed by atoms with Gasteiger partial charge in [0.05, 0.1) is 26.7 Å². The summed E-state index contributed by atoms with van der Waals surface area (Å²) in [5, 5.41) is -0.0105. The molecule has 18 heavy (non-hydrogen) atoms. The number of ether oxygens (including phenoxy) is 3. The van der Waals surface area contributed by atoms with Crippen molar-refractivity contribution < 1.29 is 14.2 Å². The van der Waals surface area contributed by atoms with Gasteiger partial charge in [-0.25, -0.2) is 0 Å². The Labute approximate surface area is 113 Å². The lowest BCUT2D eigenvalue weighted by Crippen LogP contribution is -2.14. The van der Waals surface area contributed by atoms with E-state index >= 15 is 0 Å². The zero-order valence-electron chi connectivity index (χ0n) is 11.5. The number of hydrogen-bond acceptors (Lipinski definition) is 3. The third kappa shape index (κ3) is 1.81. The molecule has 1 aliphatic rings. The van der Waals surface area contributed by atoms with E-state index in [-0.39, 0.29) is 10.8 Å². The standard InChI is InChI=1S/C14H19ClO3/c1-14(2)7-9(15)8-6-10(16-3)12(17-4)13(18-5)11(8)14/h6,9H,7H2,1-5H3. The summed E-state index contributed by atoms with van der Waals surface area (Å²) in [6.07, 6.45) is 0.885. The molecule has 0 radical (unpaired) electrons. The SMILES string of the molecule is COc1cc2c(c(OC)c1OC)C(C)(C)CC2Cl. The highest BCUT2D eigenvalue weighted by atomic mass is 35.5. The van der Waals surface area contributed by atoms with Crippen molar-refractivity contribution in [1.82, 2.24) is 0 Å². The van der Waals surface area contributed by atoms with Crippen LogP contribution in [0.15, 0.2) is 6.07 Å². The van der Waals surface area contributed by atoms with Crippen molar-refractivity contribution in [2.45, 2.75) is 31.1 Å². The van der Waals surface area contributed by atoms with Crippen LogP contribution >= 0.6 is 11.6 Å². The van der Waals surface area contributed by atoms with Gasteiger partial charge in [0, 0.05) is 5.56 Å². The van der Waals surface area contributed by atoms with E-state index in [2.05, 4.69) is 13.8 Å². The predicted octanol–water partition coefficient (Wildman–Crippen LogP) is 3.67. The first-order chi connectivity index (χ1) is 8.46. The number of halogens is 1. The van der Waals surface area contributed by atoms with E-state index in [4.69, 9.17) is 25.8 Å². The number of alkyl halides is 1. The van der Waals surface area contributed by atoms with Gasteiger partial charge in [0.25, 0.3) is 0 Å². The van der Waals surface area contributed by atoms with E-state index in [1.165, 1.54) is 0 Å². The minimum absolute atomic E-state index is 0.0105. The average molecular weight is 271 g/mol. The Hall–Kier alpha value is -1.09. The van der Waals surface area contributed by atoms with Gasteiger partial charge in [0.2, 0.25) is 5.75 Å². The molecule has 0 amide bonds. The average Bonchev–Trinajstić information content (AvgIpc) is 2.57. The molecular formula is C14H19ClO3. The van der Waals surface area contributed by atoms with Gasteiger partial charge in [-0.15, -0.1) is 11.6 Å². The van der Waals surface area contributed by atoms with Gasteiger partial charge >= 0.3 is 0 Å². The van der Waals surface area contributed by atoms with Crippen molar-refractivity contribution >= 4 is 11.6 Å². The molecule has 0 aliphatic heterocycles. The summed E-state index contributed by atoms with van der Waals surface area (Å²) in [7, 11) is 4.88. The second-order valence-electron chi connectivity index (χ2n) is 5.17. The van der Waals surface area contributed by atoms with E-state index in [1.807, 2.05) is 6.07 Å². The first-order valence-corrected chi connectivity index (χ1v) is 6.37. The third-order valence-electron chi connectivity index (χ3n) is 3.56. The predicted molar refractivity (Wildman–Crippen MR) is 72.3 cm³/mol. The number of hydrogen-bond donors (Lipinski definition) is 0. The molecule has 2 rings (SSSR count). The van der Waals surface area contributed by atoms with Crippen molar-refractivity contribution in [2.75, 3.05) is 21.3 Å². The summed E-state index contributed by atoms with van der Waals surface area (Å²) in [6, 6.07) is 1.96. The van der Waals surface area contributed by atoms with E-state index in [0.717, 1.165) is 23.3 Å². The molecule has 1 unspecified atom stereocenters. The van der Waals surface area contributed by atoms with Crippen molar-refractivity contribution in [3.8, 4) is 17.2 Å². The van der Waals surface area contributed by atoms with Crippen LogP contribution in [0.5, 0.6) is 17.2 Å². The Morgan fingerprint density at radius 1 is 1.11 bits per heavy atom. The van der Waals surface area contributed by atoms with Crippen molar-refractivity contribution in [3.63, 3.8) is 0 Å². The van der Waals surface area contributed by atoms with Crippen LogP contribution in [0.4, 0.5) is 0 Å². The molecule has 0 aromatic heterocycles. The largest absolute Gasteiger partial charge is 0.493 e. The number of benzene rings is 1. The van der Waals surface area contributed by atoms with Crippen LogP contribution in [0.1, 0.15) is 36.8 Å². The minimum Gasteiger partial charge on any atom is -0.493 e. The fourth-order valence-corrected chi connectivity index (χ4v) is 3.34. The van der Waals surface area contributed by atoms with Crippen LogP contribution in [0, 0.1) is 0 Å². The smallest absolute Gasteiger partial charge is 0.203 e. The molecule has 4 heteroatoms. The van der Waals surface area contributed by atoms with Crippen LogP contribution in [0.3, 0.4) is 0 Å². The summed E-state index contributed by atoms with van der Waals surface area (Å²) in [5.41, 5.74) is 2.19. The van der Waals surface area contributed by atoms with Gasteiger partial charge < -0.3 is 14.2 Å². The summed E-state index contributed by atoms with van der Waals surface area (Å²) in [6.45, 7) is 4.34. The third-order valence-corrected chi connectivity index (χ3v) is 3.95. The van der Waals surface area contributed by atoms with Gasteiger partial charge in [-0.05, 0) is 23.5 Å². The monoisotopic (exact) mass is 270 g/mol. The van der Waals surface area contributed by atoms with Gasteiger partial charge in [0.1, 0.15) is 0 Å². The lowest BCUT2D eigenvalue weighted by Gasteiger charge is -2.23. The molecule has 1 aromatic rings. The molecule has 1 aliphatic carbocycles. The molecule has 0 saturated heterocycles. The second kappa shape index (κ2) is 4.54. The summed E-state index contributed by atoms with van der Waals surface area (Å²) < 4.78 is 16.3. The summed E-state index contributed by atoms with van der Waals surface area (Å²) in [5.74, 6) is 2.04. The van der Waals surface area contributed by atoms with Crippen molar-refractivity contribution in [3.05, 3.63) is 17.2 Å². The molecule has 0 fully saturated rings. The lowest BCUT2D eigenvalue weighted by atomic mass is 9.85. The van der Waals surface area contributed by atoms with Gasteiger partial charge in [-0.2, -0.15) is 0 Å². The highest BCUT2D eigenvalue weighted by Crippen LogP contribution is 2.56. The summed E-state index contributed by atoms with van der Waals surface area (Å²) >= 11 is 6.43. The van der Waals surface area contributed by atoms with E-state index < -0.39 is 0 Å². The maximum Gasteiger partial charge on any atom is 0.203 e. The maximum atomic E-state index is 6.43. The first-order valence-electron chi connectivity index (χ1n) is 5.93. The normalized spacial score (nSPS) is 20.4. The number of rotatable bonds is 3. The highest BCUT2D eigenvalue weighted by molar-refractivity contribution is 6.21. The molecule has 0 saturated carbocycles. The Morgan fingerprint density at radius 3 is 2.22 bits per heavy atom. The molecule has 1 aromatic carbocycles. The fourth-order valence-electron chi connectivity index (χ4n) is 2.78. The van der Waals surface area contributed by atoms with Gasteiger partial charge in [-0.1, -0.05) is 13.8 Å². The lowest BCUT2D eigenvalue weighted by molar-refractivity contribution is 0.318. The number of fused-ring (bicyclic) bond motifs is 1. The molecule has 0 heterocycles. The van der Waals surface area contributed by atoms with Crippen LogP contribution in [-0.4, -0.2) is 21.3 Å². The van der Waals surface area contributed by atoms with Gasteiger partial charge in [-0.3, -0.25) is 0 Å². The zero-order chi connectivity index (χ0) is 13.5. The molecule has 0 bridgehead atoms. The van der Waals surface area contributed by atoms with Crippen LogP contribution in [-0.2, 0) is 5.41 Å². The van der Waals surface area contributed by atoms with E-state index in [9.17, 15) is 0 Å². The molecular weight excluding hydrogens is 252 g/mol. The highest BCUT2D eigenvalue weighted by Gasteiger charge is 2.41. The molecule has 3 nitrogen and oxygen atoms in total. The molecule has 1 atom stereocenters. The topological polar surface area (TPSA) is 27.7 Å². The fraction of sp³-hybridized carbons (Fsp3) is 0.571. The van der Waals surface area contributed by atoms with Gasteiger partial charge in [0.15, 0.2) is 11.5 Å². The number of methoxy groups -OCH3 is 3. The maximum absolute atomic E-state index is 6.43. The van der Waals surface area contributed by atoms with Crippen LogP contribution in [0.25, 0.3) is 0 Å². The second-order valence-corrected chi connectivity index (χ2v) is 5.69. The van der Waals surface area contributed by atoms with E-state index in [0.29, 0.717) is 11.5 Å². The Bertz CT molecular complexity index is 469. The molecule has 100 valence electrons. The Morgan fingerprint density at radius 2 is 1.72 bits per heavy atom. The Kier molecular flexibility index (Phi) is 3.37.